The summed E-state index contributed by atoms with van der Waals surface area (Å²) in [5, 5.41) is 0.525. The lowest BCUT2D eigenvalue weighted by molar-refractivity contribution is -0.114. The quantitative estimate of drug-likeness (QED) is 0.769. The van der Waals surface area contributed by atoms with Crippen LogP contribution in [0.2, 0.25) is 5.02 Å². The molecule has 0 N–H and O–H groups in total. The van der Waals surface area contributed by atoms with E-state index in [2.05, 4.69) is 22.0 Å². The van der Waals surface area contributed by atoms with Crippen molar-refractivity contribution >= 4 is 17.5 Å². The number of ether oxygens (including phenoxy) is 1. The molecule has 1 amide bonds. The van der Waals surface area contributed by atoms with Crippen molar-refractivity contribution in [3.63, 3.8) is 0 Å². The number of hydrogen-bond acceptors (Lipinski definition) is 4. The minimum atomic E-state index is 0.0384. The molecule has 2 aliphatic rings. The van der Waals surface area contributed by atoms with Crippen LogP contribution in [0.4, 0.5) is 0 Å². The van der Waals surface area contributed by atoms with Gasteiger partial charge in [-0.3, -0.25) is 14.7 Å². The predicted molar refractivity (Wildman–Crippen MR) is 109 cm³/mol. The van der Waals surface area contributed by atoms with E-state index in [1.54, 1.807) is 13.2 Å². The van der Waals surface area contributed by atoms with Gasteiger partial charge < -0.3 is 9.64 Å². The van der Waals surface area contributed by atoms with Crippen molar-refractivity contribution in [3.8, 4) is 0 Å². The summed E-state index contributed by atoms with van der Waals surface area (Å²) in [6.07, 6.45) is 5.73. The average Bonchev–Trinajstić information content (AvgIpc) is 2.72. The molecular weight excluding hydrogens is 374 g/mol. The van der Waals surface area contributed by atoms with Gasteiger partial charge in [-0.05, 0) is 42.7 Å². The monoisotopic (exact) mass is 399 g/mol. The first-order valence-electron chi connectivity index (χ1n) is 9.81. The number of carbonyl (C=O) groups is 1. The molecule has 0 aliphatic carbocycles. The fourth-order valence-corrected chi connectivity index (χ4v) is 4.99. The van der Waals surface area contributed by atoms with Gasteiger partial charge in [0, 0.05) is 57.1 Å². The van der Waals surface area contributed by atoms with E-state index in [9.17, 15) is 4.79 Å². The smallest absolute Gasteiger partial charge is 0.255 e. The van der Waals surface area contributed by atoms with Gasteiger partial charge in [0.25, 0.3) is 5.91 Å². The van der Waals surface area contributed by atoms with Crippen LogP contribution in [0, 0.1) is 5.41 Å². The number of piperidine rings is 1. The lowest BCUT2D eigenvalue weighted by atomic mass is 9.63. The molecule has 1 aromatic carbocycles. The van der Waals surface area contributed by atoms with Crippen LogP contribution in [0.25, 0.3) is 0 Å². The van der Waals surface area contributed by atoms with E-state index in [-0.39, 0.29) is 11.3 Å². The van der Waals surface area contributed by atoms with E-state index >= 15 is 0 Å². The number of carbonyl (C=O) groups excluding carboxylic acids is 1. The van der Waals surface area contributed by atoms with Crippen molar-refractivity contribution in [2.45, 2.75) is 18.9 Å². The van der Waals surface area contributed by atoms with Crippen LogP contribution in [-0.4, -0.2) is 60.6 Å². The van der Waals surface area contributed by atoms with Gasteiger partial charge >= 0.3 is 0 Å². The van der Waals surface area contributed by atoms with Crippen LogP contribution in [-0.2, 0) is 4.74 Å². The lowest BCUT2D eigenvalue weighted by Gasteiger charge is -2.60. The number of hydrogen-bond donors (Lipinski definition) is 0. The van der Waals surface area contributed by atoms with Gasteiger partial charge in [0.05, 0.1) is 17.2 Å². The molecule has 2 aromatic rings. The molecule has 0 bridgehead atoms. The fourth-order valence-electron chi connectivity index (χ4n) is 4.78. The number of methoxy groups -OCH3 is 1. The minimum absolute atomic E-state index is 0.0384. The molecule has 6 heteroatoms. The molecule has 1 aromatic heterocycles. The van der Waals surface area contributed by atoms with Crippen molar-refractivity contribution in [3.05, 3.63) is 64.9 Å². The van der Waals surface area contributed by atoms with Gasteiger partial charge in [-0.1, -0.05) is 23.7 Å². The number of pyridine rings is 1. The maximum atomic E-state index is 12.9. The zero-order chi connectivity index (χ0) is 19.6. The van der Waals surface area contributed by atoms with Crippen molar-refractivity contribution in [2.75, 3.05) is 39.9 Å². The van der Waals surface area contributed by atoms with Crippen molar-refractivity contribution in [2.24, 2.45) is 5.41 Å². The Labute approximate surface area is 171 Å². The minimum Gasteiger partial charge on any atom is -0.383 e. The van der Waals surface area contributed by atoms with Crippen molar-refractivity contribution in [1.82, 2.24) is 14.8 Å². The maximum absolute atomic E-state index is 12.9. The number of halogens is 1. The van der Waals surface area contributed by atoms with E-state index in [4.69, 9.17) is 16.3 Å². The van der Waals surface area contributed by atoms with E-state index in [1.807, 2.05) is 35.5 Å². The van der Waals surface area contributed by atoms with Crippen LogP contribution in [0.5, 0.6) is 0 Å². The molecule has 148 valence electrons. The van der Waals surface area contributed by atoms with Crippen molar-refractivity contribution in [1.29, 1.82) is 0 Å². The van der Waals surface area contributed by atoms with E-state index in [0.717, 1.165) is 45.6 Å². The molecule has 2 saturated heterocycles. The topological polar surface area (TPSA) is 45.7 Å². The highest BCUT2D eigenvalue weighted by Crippen LogP contribution is 2.54. The third-order valence-electron chi connectivity index (χ3n) is 6.22. The molecule has 0 radical (unpaired) electrons. The molecule has 28 heavy (non-hydrogen) atoms. The third-order valence-corrected chi connectivity index (χ3v) is 6.55. The molecule has 2 aliphatic heterocycles. The number of benzene rings is 1. The second kappa shape index (κ2) is 8.19. The molecule has 3 heterocycles. The summed E-state index contributed by atoms with van der Waals surface area (Å²) in [7, 11) is 1.75. The van der Waals surface area contributed by atoms with Crippen LogP contribution in [0.3, 0.4) is 0 Å². The largest absolute Gasteiger partial charge is 0.383 e. The van der Waals surface area contributed by atoms with Gasteiger partial charge in [0.2, 0.25) is 0 Å². The fraction of sp³-hybridized carbons (Fsp3) is 0.455. The predicted octanol–water partition coefficient (Wildman–Crippen LogP) is 3.66. The zero-order valence-electron chi connectivity index (χ0n) is 16.2. The summed E-state index contributed by atoms with van der Waals surface area (Å²) >= 11 is 6.23. The van der Waals surface area contributed by atoms with Crippen LogP contribution >= 0.6 is 11.6 Å². The Morgan fingerprint density at radius 2 is 1.93 bits per heavy atom. The molecule has 1 atom stereocenters. The summed E-state index contributed by atoms with van der Waals surface area (Å²) in [5.74, 6) is 0.0384. The Balaban J connectivity index is 1.48. The number of nitrogens with zero attached hydrogens (tertiary/aromatic N) is 3. The van der Waals surface area contributed by atoms with Gasteiger partial charge in [0.15, 0.2) is 0 Å². The summed E-state index contributed by atoms with van der Waals surface area (Å²) in [6.45, 7) is 4.24. The second-order valence-corrected chi connectivity index (χ2v) is 8.19. The second-order valence-electron chi connectivity index (χ2n) is 7.78. The van der Waals surface area contributed by atoms with Gasteiger partial charge in [-0.15, -0.1) is 0 Å². The van der Waals surface area contributed by atoms with E-state index in [1.165, 1.54) is 5.56 Å². The summed E-state index contributed by atoms with van der Waals surface area (Å²) in [5.41, 5.74) is 2.12. The van der Waals surface area contributed by atoms with Gasteiger partial charge in [-0.2, -0.15) is 0 Å². The Kier molecular flexibility index (Phi) is 5.67. The first-order chi connectivity index (χ1) is 13.6. The highest BCUT2D eigenvalue weighted by Gasteiger charge is 2.53. The Bertz CT molecular complexity index is 822. The van der Waals surface area contributed by atoms with E-state index in [0.29, 0.717) is 16.6 Å². The van der Waals surface area contributed by atoms with Crippen LogP contribution in [0.15, 0.2) is 48.8 Å². The normalized spacial score (nSPS) is 21.5. The highest BCUT2D eigenvalue weighted by atomic mass is 35.5. The summed E-state index contributed by atoms with van der Waals surface area (Å²) in [6, 6.07) is 11.9. The zero-order valence-corrected chi connectivity index (χ0v) is 16.9. The Hall–Kier alpha value is -1.95. The molecule has 0 saturated carbocycles. The van der Waals surface area contributed by atoms with Gasteiger partial charge in [0.1, 0.15) is 0 Å². The van der Waals surface area contributed by atoms with Gasteiger partial charge in [-0.25, -0.2) is 0 Å². The molecule has 2 fully saturated rings. The SMILES string of the molecule is COCCN1CC2(CCN(C(=O)c3ccccc3Cl)CC2)C1c1ccncc1. The molecule has 1 spiro atoms. The maximum Gasteiger partial charge on any atom is 0.255 e. The number of likely N-dealkylation sites (tertiary alicyclic amines) is 2. The third kappa shape index (κ3) is 3.54. The molecule has 1 unspecified atom stereocenters. The molecule has 5 nitrogen and oxygen atoms in total. The van der Waals surface area contributed by atoms with Crippen LogP contribution < -0.4 is 0 Å². The summed E-state index contributed by atoms with van der Waals surface area (Å²) < 4.78 is 5.30. The first-order valence-corrected chi connectivity index (χ1v) is 10.2. The molecule has 4 rings (SSSR count). The number of aromatic nitrogens is 1. The lowest BCUT2D eigenvalue weighted by Crippen LogP contribution is -2.63. The van der Waals surface area contributed by atoms with Crippen molar-refractivity contribution < 1.29 is 9.53 Å². The Morgan fingerprint density at radius 1 is 1.21 bits per heavy atom. The Morgan fingerprint density at radius 3 is 2.61 bits per heavy atom. The van der Waals surface area contributed by atoms with E-state index < -0.39 is 0 Å². The highest BCUT2D eigenvalue weighted by molar-refractivity contribution is 6.33. The standard InChI is InChI=1S/C22H26ClN3O2/c1-28-15-14-26-16-22(20(26)17-6-10-24-11-7-17)8-12-25(13-9-22)21(27)18-4-2-3-5-19(18)23/h2-7,10-11,20H,8-9,12-16H2,1H3. The molecular formula is C22H26ClN3O2. The van der Waals surface area contributed by atoms with Crippen LogP contribution in [0.1, 0.15) is 34.8 Å². The number of rotatable bonds is 5. The summed E-state index contributed by atoms with van der Waals surface area (Å²) in [4.78, 5) is 21.5. The first kappa shape index (κ1) is 19.4. The average molecular weight is 400 g/mol. The number of amides is 1.